The van der Waals surface area contributed by atoms with Gasteiger partial charge in [0.05, 0.1) is 16.0 Å². The third-order valence-electron chi connectivity index (χ3n) is 4.78. The number of hydrogen-bond acceptors (Lipinski definition) is 4. The lowest BCUT2D eigenvalue weighted by Crippen LogP contribution is -2.21. The molecule has 0 spiro atoms. The van der Waals surface area contributed by atoms with E-state index in [1.807, 2.05) is 5.32 Å². The molecule has 3 aromatic carbocycles. The van der Waals surface area contributed by atoms with Gasteiger partial charge < -0.3 is 10.1 Å². The molecule has 0 aliphatic carbocycles. The van der Waals surface area contributed by atoms with Gasteiger partial charge in [0.15, 0.2) is 6.61 Å². The van der Waals surface area contributed by atoms with Crippen molar-refractivity contribution in [3.8, 4) is 5.75 Å². The van der Waals surface area contributed by atoms with Gasteiger partial charge in [-0.05, 0) is 73.2 Å². The fourth-order valence-electron chi connectivity index (χ4n) is 3.05. The van der Waals surface area contributed by atoms with Crippen LogP contribution in [0.1, 0.15) is 16.7 Å². The van der Waals surface area contributed by atoms with Crippen molar-refractivity contribution in [2.45, 2.75) is 24.2 Å². The highest BCUT2D eigenvalue weighted by Crippen LogP contribution is 2.37. The number of sulfonamides is 1. The van der Waals surface area contributed by atoms with Crippen LogP contribution < -0.4 is 14.8 Å². The Morgan fingerprint density at radius 1 is 0.838 bits per heavy atom. The first-order valence-electron chi connectivity index (χ1n) is 10.2. The van der Waals surface area contributed by atoms with Crippen LogP contribution in [-0.2, 0) is 27.2 Å². The molecule has 14 heteroatoms. The second-order valence-corrected chi connectivity index (χ2v) is 9.35. The summed E-state index contributed by atoms with van der Waals surface area (Å²) in [6, 6.07) is 8.77. The zero-order chi connectivity index (χ0) is 27.6. The number of rotatable bonds is 7. The molecule has 0 aromatic heterocycles. The molecule has 0 fully saturated rings. The van der Waals surface area contributed by atoms with Crippen molar-refractivity contribution >= 4 is 27.3 Å². The highest BCUT2D eigenvalue weighted by Gasteiger charge is 2.37. The predicted molar refractivity (Wildman–Crippen MR) is 119 cm³/mol. The quantitative estimate of drug-likeness (QED) is 0.354. The normalized spacial score (nSPS) is 12.2. The van der Waals surface area contributed by atoms with E-state index in [0.717, 1.165) is 18.2 Å². The molecule has 0 unspecified atom stereocenters. The van der Waals surface area contributed by atoms with Gasteiger partial charge in [-0.2, -0.15) is 26.3 Å². The van der Waals surface area contributed by atoms with E-state index in [-0.39, 0.29) is 28.0 Å². The third kappa shape index (κ3) is 7.35. The smallest absolute Gasteiger partial charge is 0.416 e. The SMILES string of the molecule is Cc1cc(S(=O)(=O)Nc2ccc(F)cc2)ccc1OCC(=O)Nc1cc(C(F)(F)F)cc(C(F)(F)F)c1. The molecule has 1 amide bonds. The Kier molecular flexibility index (Phi) is 7.72. The number of hydrogen-bond donors (Lipinski definition) is 2. The molecule has 0 saturated carbocycles. The maximum absolute atomic E-state index is 13.0. The average Bonchev–Trinajstić information content (AvgIpc) is 2.78. The number of carbonyl (C=O) groups is 1. The van der Waals surface area contributed by atoms with Gasteiger partial charge in [0.1, 0.15) is 11.6 Å². The van der Waals surface area contributed by atoms with Crippen molar-refractivity contribution in [2.75, 3.05) is 16.6 Å². The summed E-state index contributed by atoms with van der Waals surface area (Å²) in [7, 11) is -4.06. The Morgan fingerprint density at radius 3 is 1.92 bits per heavy atom. The van der Waals surface area contributed by atoms with Crippen LogP contribution in [-0.4, -0.2) is 20.9 Å². The predicted octanol–water partition coefficient (Wildman–Crippen LogP) is 5.99. The second-order valence-electron chi connectivity index (χ2n) is 7.67. The van der Waals surface area contributed by atoms with Crippen LogP contribution in [0.2, 0.25) is 0 Å². The molecule has 198 valence electrons. The number of nitrogens with one attached hydrogen (secondary N) is 2. The van der Waals surface area contributed by atoms with E-state index in [1.54, 1.807) is 0 Å². The van der Waals surface area contributed by atoms with Crippen LogP contribution in [0.5, 0.6) is 5.75 Å². The Bertz CT molecular complexity index is 1370. The Morgan fingerprint density at radius 2 is 1.41 bits per heavy atom. The van der Waals surface area contributed by atoms with Crippen molar-refractivity contribution in [3.63, 3.8) is 0 Å². The van der Waals surface area contributed by atoms with Crippen LogP contribution in [0.25, 0.3) is 0 Å². The molecule has 3 aromatic rings. The summed E-state index contributed by atoms with van der Waals surface area (Å²) in [6.07, 6.45) is -10.2. The van der Waals surface area contributed by atoms with Crippen molar-refractivity contribution in [1.29, 1.82) is 0 Å². The fraction of sp³-hybridized carbons (Fsp3) is 0.174. The number of alkyl halides is 6. The first-order chi connectivity index (χ1) is 17.0. The maximum atomic E-state index is 13.0. The number of carbonyl (C=O) groups excluding carboxylic acids is 1. The van der Waals surface area contributed by atoms with Gasteiger partial charge >= 0.3 is 12.4 Å². The largest absolute Gasteiger partial charge is 0.483 e. The van der Waals surface area contributed by atoms with Gasteiger partial charge in [-0.3, -0.25) is 9.52 Å². The van der Waals surface area contributed by atoms with Crippen molar-refractivity contribution in [3.05, 3.63) is 83.2 Å². The highest BCUT2D eigenvalue weighted by atomic mass is 32.2. The van der Waals surface area contributed by atoms with Crippen LogP contribution >= 0.6 is 0 Å². The molecule has 0 atom stereocenters. The number of amides is 1. The molecular formula is C23H17F7N2O4S. The highest BCUT2D eigenvalue weighted by molar-refractivity contribution is 7.92. The Hall–Kier alpha value is -3.81. The van der Waals surface area contributed by atoms with E-state index in [1.165, 1.54) is 31.2 Å². The minimum Gasteiger partial charge on any atom is -0.483 e. The van der Waals surface area contributed by atoms with Crippen molar-refractivity contribution in [2.24, 2.45) is 0 Å². The summed E-state index contributed by atoms with van der Waals surface area (Å²) < 4.78 is 123. The zero-order valence-electron chi connectivity index (χ0n) is 18.7. The number of aryl methyl sites for hydroxylation is 1. The van der Waals surface area contributed by atoms with Crippen LogP contribution in [0, 0.1) is 12.7 Å². The lowest BCUT2D eigenvalue weighted by molar-refractivity contribution is -0.143. The summed E-state index contributed by atoms with van der Waals surface area (Å²) in [5.74, 6) is -1.57. The molecule has 6 nitrogen and oxygen atoms in total. The van der Waals surface area contributed by atoms with Gasteiger partial charge in [-0.15, -0.1) is 0 Å². The summed E-state index contributed by atoms with van der Waals surface area (Å²) >= 11 is 0. The Balaban J connectivity index is 1.70. The van der Waals surface area contributed by atoms with Crippen LogP contribution in [0.15, 0.2) is 65.6 Å². The first-order valence-corrected chi connectivity index (χ1v) is 11.6. The molecule has 0 heterocycles. The van der Waals surface area contributed by atoms with E-state index in [0.29, 0.717) is 12.1 Å². The van der Waals surface area contributed by atoms with Gasteiger partial charge in [-0.25, -0.2) is 12.8 Å². The number of benzene rings is 3. The zero-order valence-corrected chi connectivity index (χ0v) is 19.5. The molecule has 0 bridgehead atoms. The topological polar surface area (TPSA) is 84.5 Å². The minimum atomic E-state index is -5.08. The van der Waals surface area contributed by atoms with E-state index >= 15 is 0 Å². The lowest BCUT2D eigenvalue weighted by atomic mass is 10.1. The fourth-order valence-corrected chi connectivity index (χ4v) is 4.19. The molecule has 0 aliphatic heterocycles. The first kappa shape index (κ1) is 27.8. The summed E-state index contributed by atoms with van der Waals surface area (Å²) in [5.41, 5.74) is -3.56. The van der Waals surface area contributed by atoms with E-state index < -0.39 is 57.5 Å². The average molecular weight is 550 g/mol. The van der Waals surface area contributed by atoms with E-state index in [9.17, 15) is 43.9 Å². The molecule has 0 saturated heterocycles. The molecule has 37 heavy (non-hydrogen) atoms. The standard InChI is InChI=1S/C23H17F7N2O4S/c1-13-8-19(37(34,35)32-17-4-2-16(24)3-5-17)6-7-20(13)36-12-21(33)31-18-10-14(22(25,26)27)9-15(11-18)23(28,29)30/h2-11,32H,12H2,1H3,(H,31,33). The number of anilines is 2. The second kappa shape index (κ2) is 10.3. The third-order valence-corrected chi connectivity index (χ3v) is 6.16. The van der Waals surface area contributed by atoms with Gasteiger partial charge in [0, 0.05) is 11.4 Å². The molecule has 0 radical (unpaired) electrons. The number of halogens is 7. The van der Waals surface area contributed by atoms with Crippen molar-refractivity contribution in [1.82, 2.24) is 0 Å². The van der Waals surface area contributed by atoms with E-state index in [4.69, 9.17) is 4.74 Å². The van der Waals surface area contributed by atoms with Gasteiger partial charge in [-0.1, -0.05) is 0 Å². The summed E-state index contributed by atoms with van der Waals surface area (Å²) in [5, 5.41) is 1.93. The monoisotopic (exact) mass is 550 g/mol. The van der Waals surface area contributed by atoms with E-state index in [2.05, 4.69) is 4.72 Å². The molecule has 0 aliphatic rings. The van der Waals surface area contributed by atoms with Gasteiger partial charge in [0.2, 0.25) is 0 Å². The van der Waals surface area contributed by atoms with Crippen LogP contribution in [0.4, 0.5) is 42.1 Å². The molecular weight excluding hydrogens is 533 g/mol. The molecule has 3 rings (SSSR count). The minimum absolute atomic E-state index is 0.0379. The Labute approximate surface area is 206 Å². The summed E-state index contributed by atoms with van der Waals surface area (Å²) in [4.78, 5) is 12.0. The number of ether oxygens (including phenoxy) is 1. The van der Waals surface area contributed by atoms with Crippen molar-refractivity contribution < 1.29 is 48.7 Å². The van der Waals surface area contributed by atoms with Crippen LogP contribution in [0.3, 0.4) is 0 Å². The maximum Gasteiger partial charge on any atom is 0.416 e. The summed E-state index contributed by atoms with van der Waals surface area (Å²) in [6.45, 7) is 0.658. The lowest BCUT2D eigenvalue weighted by Gasteiger charge is -2.15. The molecule has 2 N–H and O–H groups in total. The van der Waals surface area contributed by atoms with Gasteiger partial charge in [0.25, 0.3) is 15.9 Å².